The number of amides is 1. The van der Waals surface area contributed by atoms with E-state index < -0.39 is 0 Å². The summed E-state index contributed by atoms with van der Waals surface area (Å²) >= 11 is 19.0. The van der Waals surface area contributed by atoms with E-state index in [1.165, 1.54) is 23.5 Å². The molecule has 8 heteroatoms. The Hall–Kier alpha value is -1.40. The predicted molar refractivity (Wildman–Crippen MR) is 90.1 cm³/mol. The van der Waals surface area contributed by atoms with Gasteiger partial charge in [-0.15, -0.1) is 11.3 Å². The van der Waals surface area contributed by atoms with Crippen molar-refractivity contribution in [2.75, 3.05) is 0 Å². The lowest BCUT2D eigenvalue weighted by Crippen LogP contribution is -2.22. The lowest BCUT2D eigenvalue weighted by atomic mass is 10.2. The van der Waals surface area contributed by atoms with Crippen molar-refractivity contribution in [1.29, 1.82) is 0 Å². The summed E-state index contributed by atoms with van der Waals surface area (Å²) < 4.78 is 1.02. The van der Waals surface area contributed by atoms with Gasteiger partial charge in [0.05, 0.1) is 16.8 Å². The van der Waals surface area contributed by atoms with Crippen molar-refractivity contribution in [1.82, 2.24) is 15.3 Å². The van der Waals surface area contributed by atoms with E-state index in [2.05, 4.69) is 15.3 Å². The zero-order valence-electron chi connectivity index (χ0n) is 10.9. The summed E-state index contributed by atoms with van der Waals surface area (Å²) in [6, 6.07) is 8.43. The second-order valence-corrected chi connectivity index (χ2v) is 6.73. The standard InChI is InChI=1S/C14H8Cl3N3OS/c15-8-1-2-10-9(5-8)19-13(22-10)6-18-14(21)7-3-11(16)20-12(17)4-7/h1-5H,6H2,(H,18,21). The molecule has 112 valence electrons. The summed E-state index contributed by atoms with van der Waals surface area (Å²) in [4.78, 5) is 20.3. The van der Waals surface area contributed by atoms with Gasteiger partial charge in [-0.05, 0) is 30.3 Å². The molecule has 0 aliphatic carbocycles. The molecule has 0 spiro atoms. The summed E-state index contributed by atoms with van der Waals surface area (Å²) in [5.74, 6) is -0.288. The van der Waals surface area contributed by atoms with Gasteiger partial charge in [0.15, 0.2) is 0 Å². The molecule has 1 amide bonds. The van der Waals surface area contributed by atoms with Crippen LogP contribution < -0.4 is 5.32 Å². The van der Waals surface area contributed by atoms with Gasteiger partial charge >= 0.3 is 0 Å². The molecule has 0 atom stereocenters. The Labute approximate surface area is 145 Å². The maximum Gasteiger partial charge on any atom is 0.251 e. The molecule has 0 radical (unpaired) electrons. The van der Waals surface area contributed by atoms with Crippen molar-refractivity contribution in [3.63, 3.8) is 0 Å². The normalized spacial score (nSPS) is 10.9. The fourth-order valence-corrected chi connectivity index (χ4v) is 3.39. The van der Waals surface area contributed by atoms with Crippen LogP contribution in [0.1, 0.15) is 15.4 Å². The van der Waals surface area contributed by atoms with E-state index in [1.807, 2.05) is 12.1 Å². The van der Waals surface area contributed by atoms with Crippen molar-refractivity contribution < 1.29 is 4.79 Å². The molecular formula is C14H8Cl3N3OS. The van der Waals surface area contributed by atoms with Gasteiger partial charge < -0.3 is 5.32 Å². The number of pyridine rings is 1. The van der Waals surface area contributed by atoms with E-state index in [-0.39, 0.29) is 16.2 Å². The highest BCUT2D eigenvalue weighted by molar-refractivity contribution is 7.18. The first-order valence-corrected chi connectivity index (χ1v) is 8.12. The number of carbonyl (C=O) groups is 1. The number of hydrogen-bond donors (Lipinski definition) is 1. The average molecular weight is 373 g/mol. The Morgan fingerprint density at radius 2 is 1.82 bits per heavy atom. The molecule has 0 saturated carbocycles. The monoisotopic (exact) mass is 371 g/mol. The number of carbonyl (C=O) groups excluding carboxylic acids is 1. The predicted octanol–water partition coefficient (Wildman–Crippen LogP) is 4.58. The molecule has 1 aromatic carbocycles. The number of aromatic nitrogens is 2. The molecule has 3 aromatic rings. The van der Waals surface area contributed by atoms with E-state index >= 15 is 0 Å². The smallest absolute Gasteiger partial charge is 0.251 e. The third kappa shape index (κ3) is 3.50. The Morgan fingerprint density at radius 3 is 2.55 bits per heavy atom. The summed E-state index contributed by atoms with van der Waals surface area (Å²) in [6.45, 7) is 0.313. The molecule has 2 heterocycles. The fourth-order valence-electron chi connectivity index (χ4n) is 1.88. The van der Waals surface area contributed by atoms with E-state index in [0.29, 0.717) is 17.1 Å². The molecule has 4 nitrogen and oxygen atoms in total. The van der Waals surface area contributed by atoms with Gasteiger partial charge in [-0.25, -0.2) is 9.97 Å². The highest BCUT2D eigenvalue weighted by Crippen LogP contribution is 2.25. The minimum atomic E-state index is -0.288. The van der Waals surface area contributed by atoms with Crippen LogP contribution in [-0.4, -0.2) is 15.9 Å². The Bertz CT molecular complexity index is 845. The van der Waals surface area contributed by atoms with Crippen molar-refractivity contribution in [2.24, 2.45) is 0 Å². The second-order valence-electron chi connectivity index (χ2n) is 4.40. The van der Waals surface area contributed by atoms with E-state index in [4.69, 9.17) is 34.8 Å². The number of thiazole rings is 1. The van der Waals surface area contributed by atoms with Gasteiger partial charge in [-0.1, -0.05) is 34.8 Å². The van der Waals surface area contributed by atoms with E-state index in [9.17, 15) is 4.79 Å². The number of halogens is 3. The van der Waals surface area contributed by atoms with Gasteiger partial charge in [-0.2, -0.15) is 0 Å². The van der Waals surface area contributed by atoms with Crippen LogP contribution in [0.4, 0.5) is 0 Å². The molecule has 1 N–H and O–H groups in total. The lowest BCUT2D eigenvalue weighted by Gasteiger charge is -2.03. The van der Waals surface area contributed by atoms with Crippen LogP contribution in [0.25, 0.3) is 10.2 Å². The molecule has 0 saturated heterocycles. The molecule has 0 unspecified atom stereocenters. The van der Waals surface area contributed by atoms with Crippen LogP contribution in [0.2, 0.25) is 15.3 Å². The highest BCUT2D eigenvalue weighted by atomic mass is 35.5. The van der Waals surface area contributed by atoms with Gasteiger partial charge in [0, 0.05) is 10.6 Å². The number of rotatable bonds is 3. The Morgan fingerprint density at radius 1 is 1.09 bits per heavy atom. The molecule has 0 aliphatic rings. The third-order valence-corrected chi connectivity index (χ3v) is 4.48. The number of nitrogens with zero attached hydrogens (tertiary/aromatic N) is 2. The highest BCUT2D eigenvalue weighted by Gasteiger charge is 2.10. The van der Waals surface area contributed by atoms with Crippen LogP contribution in [-0.2, 0) is 6.54 Å². The number of benzene rings is 1. The summed E-state index contributed by atoms with van der Waals surface area (Å²) in [5, 5.41) is 4.55. The summed E-state index contributed by atoms with van der Waals surface area (Å²) in [7, 11) is 0. The molecule has 0 bridgehead atoms. The molecular weight excluding hydrogens is 365 g/mol. The zero-order valence-corrected chi connectivity index (χ0v) is 14.0. The molecule has 0 aliphatic heterocycles. The van der Waals surface area contributed by atoms with Crippen molar-refractivity contribution in [3.8, 4) is 0 Å². The van der Waals surface area contributed by atoms with Crippen LogP contribution in [0, 0.1) is 0 Å². The topological polar surface area (TPSA) is 54.9 Å². The van der Waals surface area contributed by atoms with Crippen LogP contribution in [0.3, 0.4) is 0 Å². The molecule has 3 rings (SSSR count). The van der Waals surface area contributed by atoms with Crippen molar-refractivity contribution >= 4 is 62.3 Å². The largest absolute Gasteiger partial charge is 0.346 e. The van der Waals surface area contributed by atoms with Crippen LogP contribution in [0.5, 0.6) is 0 Å². The summed E-state index contributed by atoms with van der Waals surface area (Å²) in [5.41, 5.74) is 1.17. The van der Waals surface area contributed by atoms with Gasteiger partial charge in [0.25, 0.3) is 5.91 Å². The summed E-state index contributed by atoms with van der Waals surface area (Å²) in [6.07, 6.45) is 0. The first-order chi connectivity index (χ1) is 10.5. The molecule has 22 heavy (non-hydrogen) atoms. The average Bonchev–Trinajstić information content (AvgIpc) is 2.85. The minimum Gasteiger partial charge on any atom is -0.346 e. The fraction of sp³-hybridized carbons (Fsp3) is 0.0714. The van der Waals surface area contributed by atoms with Crippen molar-refractivity contribution in [3.05, 3.63) is 56.2 Å². The first kappa shape index (κ1) is 15.5. The van der Waals surface area contributed by atoms with E-state index in [0.717, 1.165) is 15.2 Å². The van der Waals surface area contributed by atoms with Gasteiger partial charge in [0.2, 0.25) is 0 Å². The third-order valence-electron chi connectivity index (χ3n) is 2.82. The maximum atomic E-state index is 12.1. The molecule has 0 fully saturated rings. The van der Waals surface area contributed by atoms with Gasteiger partial charge in [-0.3, -0.25) is 4.79 Å². The van der Waals surface area contributed by atoms with Crippen LogP contribution >= 0.6 is 46.1 Å². The van der Waals surface area contributed by atoms with Crippen LogP contribution in [0.15, 0.2) is 30.3 Å². The number of hydrogen-bond acceptors (Lipinski definition) is 4. The van der Waals surface area contributed by atoms with Crippen molar-refractivity contribution in [2.45, 2.75) is 6.54 Å². The first-order valence-electron chi connectivity index (χ1n) is 6.17. The number of nitrogens with one attached hydrogen (secondary N) is 1. The zero-order chi connectivity index (χ0) is 15.7. The lowest BCUT2D eigenvalue weighted by molar-refractivity contribution is 0.0951. The van der Waals surface area contributed by atoms with Gasteiger partial charge in [0.1, 0.15) is 15.3 Å². The SMILES string of the molecule is O=C(NCc1nc2cc(Cl)ccc2s1)c1cc(Cl)nc(Cl)c1. The Balaban J connectivity index is 1.74. The minimum absolute atomic E-state index is 0.173. The quantitative estimate of drug-likeness (QED) is 0.685. The molecule has 2 aromatic heterocycles. The number of fused-ring (bicyclic) bond motifs is 1. The van der Waals surface area contributed by atoms with E-state index in [1.54, 1.807) is 6.07 Å². The Kier molecular flexibility index (Phi) is 4.49. The maximum absolute atomic E-state index is 12.1. The second kappa shape index (κ2) is 6.38.